The Labute approximate surface area is 196 Å². The molecule has 34 heavy (non-hydrogen) atoms. The first-order valence-electron chi connectivity index (χ1n) is 10.6. The van der Waals surface area contributed by atoms with Crippen molar-refractivity contribution >= 4 is 30.1 Å². The number of aliphatic imine (C=N–C) groups is 1. The predicted molar refractivity (Wildman–Crippen MR) is 123 cm³/mol. The monoisotopic (exact) mass is 471 g/mol. The minimum atomic E-state index is -2.08. The number of hydrogen-bond acceptors (Lipinski definition) is 9. The molecule has 0 aliphatic carbocycles. The third-order valence-electron chi connectivity index (χ3n) is 4.85. The molecule has 1 unspecified atom stereocenters. The summed E-state index contributed by atoms with van der Waals surface area (Å²) < 4.78 is 10.8. The smallest absolute Gasteiger partial charge is 0.410 e. The summed E-state index contributed by atoms with van der Waals surface area (Å²) in [5, 5.41) is 0. The van der Waals surface area contributed by atoms with Crippen LogP contribution in [-0.2, 0) is 31.3 Å². The molecule has 0 bridgehead atoms. The van der Waals surface area contributed by atoms with Crippen molar-refractivity contribution in [3.8, 4) is 0 Å². The van der Waals surface area contributed by atoms with Crippen LogP contribution in [0.25, 0.3) is 0 Å². The molecule has 2 aromatic rings. The van der Waals surface area contributed by atoms with Crippen LogP contribution in [0, 0.1) is 0 Å². The van der Waals surface area contributed by atoms with Crippen LogP contribution in [0.1, 0.15) is 32.0 Å². The first-order chi connectivity index (χ1) is 16.1. The Morgan fingerprint density at radius 2 is 1.91 bits per heavy atom. The summed E-state index contributed by atoms with van der Waals surface area (Å²) in [6.07, 6.45) is 1.69. The van der Waals surface area contributed by atoms with Gasteiger partial charge < -0.3 is 20.2 Å². The van der Waals surface area contributed by atoms with E-state index in [4.69, 9.17) is 20.9 Å². The Morgan fingerprint density at radius 1 is 1.21 bits per heavy atom. The van der Waals surface area contributed by atoms with Gasteiger partial charge in [-0.3, -0.25) is 20.3 Å². The van der Waals surface area contributed by atoms with Crippen LogP contribution in [0.5, 0.6) is 0 Å². The zero-order valence-electron chi connectivity index (χ0n) is 19.4. The minimum absolute atomic E-state index is 0.0525. The van der Waals surface area contributed by atoms with Gasteiger partial charge in [-0.25, -0.2) is 19.6 Å². The van der Waals surface area contributed by atoms with Crippen LogP contribution < -0.4 is 11.5 Å². The molecule has 0 saturated heterocycles. The van der Waals surface area contributed by atoms with Crippen molar-refractivity contribution in [3.05, 3.63) is 47.9 Å². The van der Waals surface area contributed by atoms with Crippen molar-refractivity contribution in [2.45, 2.75) is 38.6 Å². The number of nitrogens with zero attached hydrogens (tertiary/aromatic N) is 4. The zero-order chi connectivity index (χ0) is 24.9. The SMILES string of the molecule is CC(C)(C)OC(=O)N(CCN)CC(=O)N1C=Nc2nc[nH]c2C1(N)C(=O)OCc1ccccc1. The van der Waals surface area contributed by atoms with Crippen molar-refractivity contribution in [1.82, 2.24) is 19.8 Å². The van der Waals surface area contributed by atoms with E-state index >= 15 is 0 Å². The Morgan fingerprint density at radius 3 is 2.56 bits per heavy atom. The third-order valence-corrected chi connectivity index (χ3v) is 4.85. The predicted octanol–water partition coefficient (Wildman–Crippen LogP) is 0.962. The summed E-state index contributed by atoms with van der Waals surface area (Å²) in [6.45, 7) is 4.76. The van der Waals surface area contributed by atoms with E-state index in [2.05, 4.69) is 15.0 Å². The molecule has 1 aromatic heterocycles. The van der Waals surface area contributed by atoms with Crippen LogP contribution in [0.15, 0.2) is 41.7 Å². The number of carbonyl (C=O) groups is 3. The number of fused-ring (bicyclic) bond motifs is 1. The van der Waals surface area contributed by atoms with Crippen molar-refractivity contribution in [1.29, 1.82) is 0 Å². The molecule has 0 fully saturated rings. The highest BCUT2D eigenvalue weighted by Crippen LogP contribution is 2.33. The van der Waals surface area contributed by atoms with Gasteiger partial charge in [-0.05, 0) is 26.3 Å². The number of imidazole rings is 1. The van der Waals surface area contributed by atoms with Gasteiger partial charge in [0.05, 0.1) is 6.33 Å². The maximum atomic E-state index is 13.3. The number of nitrogens with one attached hydrogen (secondary N) is 1. The van der Waals surface area contributed by atoms with Gasteiger partial charge in [-0.2, -0.15) is 0 Å². The average molecular weight is 472 g/mol. The van der Waals surface area contributed by atoms with Gasteiger partial charge in [0.1, 0.15) is 30.8 Å². The number of rotatable bonds is 7. The normalized spacial score (nSPS) is 17.1. The maximum Gasteiger partial charge on any atom is 0.410 e. The summed E-state index contributed by atoms with van der Waals surface area (Å²) in [7, 11) is 0. The molecule has 5 N–H and O–H groups in total. The fourth-order valence-corrected chi connectivity index (χ4v) is 3.24. The summed E-state index contributed by atoms with van der Waals surface area (Å²) >= 11 is 0. The first-order valence-corrected chi connectivity index (χ1v) is 10.6. The molecule has 1 aliphatic heterocycles. The molecular weight excluding hydrogens is 442 g/mol. The Kier molecular flexibility index (Phi) is 7.32. The second kappa shape index (κ2) is 10.0. The molecule has 3 rings (SSSR count). The second-order valence-corrected chi connectivity index (χ2v) is 8.63. The number of nitrogens with two attached hydrogens (primary N) is 2. The molecule has 1 atom stereocenters. The third kappa shape index (κ3) is 5.41. The summed E-state index contributed by atoms with van der Waals surface area (Å²) in [5.41, 5.74) is 10.1. The van der Waals surface area contributed by atoms with Crippen molar-refractivity contribution in [2.75, 3.05) is 19.6 Å². The zero-order valence-corrected chi connectivity index (χ0v) is 19.4. The van der Waals surface area contributed by atoms with Crippen molar-refractivity contribution in [2.24, 2.45) is 16.5 Å². The highest BCUT2D eigenvalue weighted by molar-refractivity contribution is 6.00. The molecule has 1 aliphatic rings. The molecular formula is C22H29N7O5. The van der Waals surface area contributed by atoms with E-state index in [0.29, 0.717) is 0 Å². The maximum absolute atomic E-state index is 13.3. The number of H-pyrrole nitrogens is 1. The molecule has 0 spiro atoms. The van der Waals surface area contributed by atoms with Crippen molar-refractivity contribution < 1.29 is 23.9 Å². The van der Waals surface area contributed by atoms with Gasteiger partial charge in [0.25, 0.3) is 0 Å². The summed E-state index contributed by atoms with van der Waals surface area (Å²) in [6, 6.07) is 9.02. The van der Waals surface area contributed by atoms with E-state index in [-0.39, 0.29) is 31.2 Å². The molecule has 12 heteroatoms. The number of benzene rings is 1. The number of aromatic nitrogens is 2. The lowest BCUT2D eigenvalue weighted by Gasteiger charge is -2.38. The van der Waals surface area contributed by atoms with Gasteiger partial charge in [-0.1, -0.05) is 30.3 Å². The lowest BCUT2D eigenvalue weighted by molar-refractivity contribution is -0.162. The van der Waals surface area contributed by atoms with Crippen LogP contribution in [0.4, 0.5) is 10.6 Å². The van der Waals surface area contributed by atoms with Gasteiger partial charge in [0.2, 0.25) is 11.6 Å². The van der Waals surface area contributed by atoms with E-state index in [9.17, 15) is 14.4 Å². The molecule has 0 saturated carbocycles. The number of hydrogen-bond donors (Lipinski definition) is 3. The Balaban J connectivity index is 1.84. The van der Waals surface area contributed by atoms with E-state index in [0.717, 1.165) is 21.7 Å². The highest BCUT2D eigenvalue weighted by atomic mass is 16.6. The topological polar surface area (TPSA) is 169 Å². The minimum Gasteiger partial charge on any atom is -0.458 e. The summed E-state index contributed by atoms with van der Waals surface area (Å²) in [4.78, 5) is 52.1. The van der Waals surface area contributed by atoms with E-state index in [1.54, 1.807) is 45.0 Å². The Bertz CT molecular complexity index is 1060. The van der Waals surface area contributed by atoms with Crippen LogP contribution >= 0.6 is 0 Å². The first kappa shape index (κ1) is 24.9. The van der Waals surface area contributed by atoms with Gasteiger partial charge in [0, 0.05) is 13.1 Å². The lowest BCUT2D eigenvalue weighted by Crippen LogP contribution is -2.63. The summed E-state index contributed by atoms with van der Waals surface area (Å²) in [5.74, 6) is -1.44. The van der Waals surface area contributed by atoms with Crippen LogP contribution in [0.2, 0.25) is 0 Å². The number of amides is 2. The highest BCUT2D eigenvalue weighted by Gasteiger charge is 2.51. The van der Waals surface area contributed by atoms with Gasteiger partial charge in [0.15, 0.2) is 5.82 Å². The fourth-order valence-electron chi connectivity index (χ4n) is 3.24. The van der Waals surface area contributed by atoms with E-state index in [1.807, 2.05) is 6.07 Å². The Hall–Kier alpha value is -3.77. The largest absolute Gasteiger partial charge is 0.458 e. The standard InChI is InChI=1S/C22H29N7O5/c1-21(2,3)34-20(32)28(10-9-23)11-16(30)29-14-27-18-17(25-13-26-18)22(29,24)19(31)33-12-15-7-5-4-6-8-15/h4-8,13-14H,9-12,23-24H2,1-3H3,(H,25,26). The van der Waals surface area contributed by atoms with Gasteiger partial charge in [-0.15, -0.1) is 0 Å². The number of carbonyl (C=O) groups excluding carboxylic acids is 3. The molecule has 12 nitrogen and oxygen atoms in total. The number of ether oxygens (including phenoxy) is 2. The number of esters is 1. The van der Waals surface area contributed by atoms with Crippen LogP contribution in [-0.4, -0.2) is 69.3 Å². The quantitative estimate of drug-likeness (QED) is 0.502. The van der Waals surface area contributed by atoms with E-state index < -0.39 is 35.8 Å². The van der Waals surface area contributed by atoms with Crippen molar-refractivity contribution in [3.63, 3.8) is 0 Å². The molecule has 2 heterocycles. The average Bonchev–Trinajstić information content (AvgIpc) is 3.27. The van der Waals surface area contributed by atoms with E-state index in [1.165, 1.54) is 6.33 Å². The second-order valence-electron chi connectivity index (χ2n) is 8.63. The molecule has 2 amide bonds. The molecule has 1 aromatic carbocycles. The fraction of sp³-hybridized carbons (Fsp3) is 0.409. The lowest BCUT2D eigenvalue weighted by atomic mass is 10.0. The molecule has 0 radical (unpaired) electrons. The van der Waals surface area contributed by atoms with Crippen LogP contribution in [0.3, 0.4) is 0 Å². The van der Waals surface area contributed by atoms with Gasteiger partial charge >= 0.3 is 12.1 Å². The number of aromatic amines is 1. The molecule has 182 valence electrons.